The molecule has 0 saturated heterocycles. The van der Waals surface area contributed by atoms with Gasteiger partial charge in [-0.2, -0.15) is 0 Å². The van der Waals surface area contributed by atoms with E-state index in [2.05, 4.69) is 5.32 Å². The SMILES string of the molecule is CNC(=O)C(C)CN(C)C(C)C(=O)OC(C)(C)C. The van der Waals surface area contributed by atoms with Crippen LogP contribution in [0.4, 0.5) is 0 Å². The Balaban J connectivity index is 4.38. The molecular weight excluding hydrogens is 232 g/mol. The molecule has 5 heteroatoms. The Kier molecular flexibility index (Phi) is 6.32. The molecule has 0 aromatic carbocycles. The van der Waals surface area contributed by atoms with E-state index in [1.165, 1.54) is 0 Å². The maximum Gasteiger partial charge on any atom is 0.323 e. The van der Waals surface area contributed by atoms with Crippen molar-refractivity contribution >= 4 is 11.9 Å². The Hall–Kier alpha value is -1.10. The lowest BCUT2D eigenvalue weighted by atomic mass is 10.1. The molecule has 18 heavy (non-hydrogen) atoms. The molecule has 2 unspecified atom stereocenters. The van der Waals surface area contributed by atoms with Gasteiger partial charge in [-0.1, -0.05) is 6.92 Å². The van der Waals surface area contributed by atoms with Gasteiger partial charge in [0.25, 0.3) is 0 Å². The number of likely N-dealkylation sites (N-methyl/N-ethyl adjacent to an activating group) is 1. The number of hydrogen-bond acceptors (Lipinski definition) is 4. The second-order valence-corrected chi connectivity index (χ2v) is 5.66. The molecule has 0 aliphatic rings. The van der Waals surface area contributed by atoms with Crippen LogP contribution in [0, 0.1) is 5.92 Å². The molecule has 0 radical (unpaired) electrons. The van der Waals surface area contributed by atoms with Gasteiger partial charge in [-0.3, -0.25) is 14.5 Å². The summed E-state index contributed by atoms with van der Waals surface area (Å²) in [6.45, 7) is 9.64. The summed E-state index contributed by atoms with van der Waals surface area (Å²) in [4.78, 5) is 25.1. The molecule has 0 rings (SSSR count). The van der Waals surface area contributed by atoms with Crippen molar-refractivity contribution in [1.29, 1.82) is 0 Å². The maximum atomic E-state index is 11.9. The Morgan fingerprint density at radius 1 is 1.28 bits per heavy atom. The Morgan fingerprint density at radius 3 is 2.17 bits per heavy atom. The van der Waals surface area contributed by atoms with E-state index >= 15 is 0 Å². The van der Waals surface area contributed by atoms with E-state index in [9.17, 15) is 9.59 Å². The fourth-order valence-corrected chi connectivity index (χ4v) is 1.49. The lowest BCUT2D eigenvalue weighted by Gasteiger charge is -2.28. The lowest BCUT2D eigenvalue weighted by Crippen LogP contribution is -2.44. The predicted molar refractivity (Wildman–Crippen MR) is 71.2 cm³/mol. The molecule has 0 heterocycles. The highest BCUT2D eigenvalue weighted by Crippen LogP contribution is 2.11. The zero-order valence-corrected chi connectivity index (χ0v) is 12.5. The van der Waals surface area contributed by atoms with Crippen molar-refractivity contribution in [3.8, 4) is 0 Å². The minimum atomic E-state index is -0.488. The summed E-state index contributed by atoms with van der Waals surface area (Å²) in [6.07, 6.45) is 0. The number of carbonyl (C=O) groups excluding carboxylic acids is 2. The van der Waals surface area contributed by atoms with E-state index in [0.29, 0.717) is 6.54 Å². The number of esters is 1. The molecular formula is C13H26N2O3. The summed E-state index contributed by atoms with van der Waals surface area (Å²) in [5.74, 6) is -0.461. The fourth-order valence-electron chi connectivity index (χ4n) is 1.49. The van der Waals surface area contributed by atoms with E-state index in [1.54, 1.807) is 14.0 Å². The van der Waals surface area contributed by atoms with Crippen molar-refractivity contribution < 1.29 is 14.3 Å². The summed E-state index contributed by atoms with van der Waals surface area (Å²) < 4.78 is 5.31. The van der Waals surface area contributed by atoms with Crippen LogP contribution in [0.5, 0.6) is 0 Å². The molecule has 2 atom stereocenters. The van der Waals surface area contributed by atoms with Crippen molar-refractivity contribution in [2.24, 2.45) is 5.92 Å². The molecule has 0 fully saturated rings. The number of nitrogens with zero attached hydrogens (tertiary/aromatic N) is 1. The fraction of sp³-hybridized carbons (Fsp3) is 0.846. The first-order chi connectivity index (χ1) is 8.08. The zero-order valence-electron chi connectivity index (χ0n) is 12.5. The molecule has 1 amide bonds. The average Bonchev–Trinajstić information content (AvgIpc) is 2.24. The first kappa shape index (κ1) is 16.9. The quantitative estimate of drug-likeness (QED) is 0.748. The third kappa shape index (κ3) is 6.00. The third-order valence-electron chi connectivity index (χ3n) is 2.66. The summed E-state index contributed by atoms with van der Waals surface area (Å²) >= 11 is 0. The van der Waals surface area contributed by atoms with Crippen LogP contribution in [0.3, 0.4) is 0 Å². The Morgan fingerprint density at radius 2 is 1.78 bits per heavy atom. The van der Waals surface area contributed by atoms with Gasteiger partial charge in [0.05, 0.1) is 0 Å². The highest BCUT2D eigenvalue weighted by Gasteiger charge is 2.26. The summed E-state index contributed by atoms with van der Waals surface area (Å²) in [5.41, 5.74) is -0.488. The van der Waals surface area contributed by atoms with Gasteiger partial charge in [0.1, 0.15) is 11.6 Å². The molecule has 0 bridgehead atoms. The molecule has 0 saturated carbocycles. The van der Waals surface area contributed by atoms with Gasteiger partial charge < -0.3 is 10.1 Å². The summed E-state index contributed by atoms with van der Waals surface area (Å²) in [5, 5.41) is 2.59. The number of hydrogen-bond donors (Lipinski definition) is 1. The van der Waals surface area contributed by atoms with Crippen LogP contribution in [0.15, 0.2) is 0 Å². The standard InChI is InChI=1S/C13H26N2O3/c1-9(11(16)14-6)8-15(7)10(2)12(17)18-13(3,4)5/h9-10H,8H2,1-7H3,(H,14,16). The van der Waals surface area contributed by atoms with Crippen LogP contribution in [0.2, 0.25) is 0 Å². The number of carbonyl (C=O) groups is 2. The van der Waals surface area contributed by atoms with Gasteiger partial charge in [-0.15, -0.1) is 0 Å². The van der Waals surface area contributed by atoms with Crippen molar-refractivity contribution in [2.45, 2.75) is 46.3 Å². The third-order valence-corrected chi connectivity index (χ3v) is 2.66. The summed E-state index contributed by atoms with van der Waals surface area (Å²) in [6, 6.07) is -0.365. The van der Waals surface area contributed by atoms with E-state index in [4.69, 9.17) is 4.74 Å². The molecule has 5 nitrogen and oxygen atoms in total. The molecule has 0 spiro atoms. The lowest BCUT2D eigenvalue weighted by molar-refractivity contribution is -0.160. The Labute approximate surface area is 110 Å². The molecule has 1 N–H and O–H groups in total. The zero-order chi connectivity index (χ0) is 14.5. The molecule has 0 aliphatic carbocycles. The molecule has 106 valence electrons. The maximum absolute atomic E-state index is 11.9. The van der Waals surface area contributed by atoms with Crippen molar-refractivity contribution in [3.63, 3.8) is 0 Å². The second kappa shape index (κ2) is 6.73. The Bertz CT molecular complexity index is 297. The van der Waals surface area contributed by atoms with Crippen LogP contribution >= 0.6 is 0 Å². The second-order valence-electron chi connectivity index (χ2n) is 5.66. The number of amides is 1. The smallest absolute Gasteiger partial charge is 0.323 e. The monoisotopic (exact) mass is 258 g/mol. The van der Waals surface area contributed by atoms with Crippen molar-refractivity contribution in [2.75, 3.05) is 20.6 Å². The first-order valence-electron chi connectivity index (χ1n) is 6.23. The normalized spacial score (nSPS) is 15.1. The van der Waals surface area contributed by atoms with Gasteiger partial charge in [0.15, 0.2) is 0 Å². The minimum Gasteiger partial charge on any atom is -0.459 e. The van der Waals surface area contributed by atoms with Gasteiger partial charge in [-0.05, 0) is 34.7 Å². The van der Waals surface area contributed by atoms with Gasteiger partial charge in [0.2, 0.25) is 5.91 Å². The highest BCUT2D eigenvalue weighted by molar-refractivity contribution is 5.78. The summed E-state index contributed by atoms with van der Waals surface area (Å²) in [7, 11) is 3.42. The van der Waals surface area contributed by atoms with Crippen LogP contribution in [0.1, 0.15) is 34.6 Å². The van der Waals surface area contributed by atoms with Crippen LogP contribution in [-0.2, 0) is 14.3 Å². The van der Waals surface area contributed by atoms with Crippen LogP contribution < -0.4 is 5.32 Å². The van der Waals surface area contributed by atoms with Crippen LogP contribution in [-0.4, -0.2) is 49.1 Å². The van der Waals surface area contributed by atoms with Crippen LogP contribution in [0.25, 0.3) is 0 Å². The highest BCUT2D eigenvalue weighted by atomic mass is 16.6. The topological polar surface area (TPSA) is 58.6 Å². The number of rotatable bonds is 5. The molecule has 0 aliphatic heterocycles. The van der Waals surface area contributed by atoms with Crippen molar-refractivity contribution in [1.82, 2.24) is 10.2 Å². The number of ether oxygens (including phenoxy) is 1. The molecule has 0 aromatic heterocycles. The van der Waals surface area contributed by atoms with E-state index < -0.39 is 5.60 Å². The van der Waals surface area contributed by atoms with Crippen molar-refractivity contribution in [3.05, 3.63) is 0 Å². The van der Waals surface area contributed by atoms with Gasteiger partial charge in [-0.25, -0.2) is 0 Å². The largest absolute Gasteiger partial charge is 0.459 e. The average molecular weight is 258 g/mol. The first-order valence-corrected chi connectivity index (χ1v) is 6.23. The number of nitrogens with one attached hydrogen (secondary N) is 1. The van der Waals surface area contributed by atoms with Gasteiger partial charge >= 0.3 is 5.97 Å². The molecule has 0 aromatic rings. The minimum absolute atomic E-state index is 0.0294. The van der Waals surface area contributed by atoms with Gasteiger partial charge in [0, 0.05) is 19.5 Å². The van der Waals surface area contributed by atoms with E-state index in [1.807, 2.05) is 39.6 Å². The van der Waals surface area contributed by atoms with E-state index in [0.717, 1.165) is 0 Å². The predicted octanol–water partition coefficient (Wildman–Crippen LogP) is 1.03. The van der Waals surface area contributed by atoms with E-state index in [-0.39, 0.29) is 23.8 Å².